The Hall–Kier alpha value is -3.41. The zero-order valence-electron chi connectivity index (χ0n) is 16.6. The molecule has 4 rings (SSSR count). The van der Waals surface area contributed by atoms with Crippen LogP contribution in [0.2, 0.25) is 0 Å². The molecule has 0 spiro atoms. The van der Waals surface area contributed by atoms with E-state index < -0.39 is 0 Å². The molecule has 3 aromatic rings. The number of hydrogen-bond acceptors (Lipinski definition) is 5. The summed E-state index contributed by atoms with van der Waals surface area (Å²) in [7, 11) is 0. The van der Waals surface area contributed by atoms with E-state index in [1.165, 1.54) is 11.3 Å². The minimum Gasteiger partial charge on any atom is -0.368 e. The standard InChI is InChI=1S/C23H25N5O/c1-18-3-2-4-20(15-18)27-11-13-28(14-12-27)21-5-6-22(25-17-21)23(29)26-16-19-7-9-24-10-8-19/h2-10,15,17H,11-14,16H2,1H3,(H,26,29). The van der Waals surface area contributed by atoms with Gasteiger partial charge >= 0.3 is 0 Å². The molecule has 0 saturated carbocycles. The molecule has 2 aromatic heterocycles. The van der Waals surface area contributed by atoms with E-state index in [9.17, 15) is 4.79 Å². The fraction of sp³-hybridized carbons (Fsp3) is 0.261. The Kier molecular flexibility index (Phi) is 5.70. The molecule has 0 atom stereocenters. The van der Waals surface area contributed by atoms with Crippen LogP contribution in [-0.4, -0.2) is 42.1 Å². The minimum atomic E-state index is -0.169. The predicted molar refractivity (Wildman–Crippen MR) is 115 cm³/mol. The van der Waals surface area contributed by atoms with Crippen molar-refractivity contribution in [3.8, 4) is 0 Å². The second-order valence-electron chi connectivity index (χ2n) is 7.25. The van der Waals surface area contributed by atoms with Crippen molar-refractivity contribution in [2.45, 2.75) is 13.5 Å². The number of anilines is 2. The zero-order chi connectivity index (χ0) is 20.1. The number of aryl methyl sites for hydroxylation is 1. The van der Waals surface area contributed by atoms with Crippen LogP contribution in [0.25, 0.3) is 0 Å². The number of piperazine rings is 1. The van der Waals surface area contributed by atoms with Crippen molar-refractivity contribution in [2.24, 2.45) is 0 Å². The van der Waals surface area contributed by atoms with Gasteiger partial charge in [-0.1, -0.05) is 12.1 Å². The molecule has 0 aliphatic carbocycles. The highest BCUT2D eigenvalue weighted by atomic mass is 16.1. The molecular formula is C23H25N5O. The molecular weight excluding hydrogens is 362 g/mol. The lowest BCUT2D eigenvalue weighted by Crippen LogP contribution is -2.46. The molecule has 148 valence electrons. The first-order chi connectivity index (χ1) is 14.2. The maximum Gasteiger partial charge on any atom is 0.270 e. The maximum absolute atomic E-state index is 12.3. The van der Waals surface area contributed by atoms with Crippen LogP contribution in [0.5, 0.6) is 0 Å². The summed E-state index contributed by atoms with van der Waals surface area (Å²) in [4.78, 5) is 25.4. The third kappa shape index (κ3) is 4.71. The molecule has 1 aromatic carbocycles. The number of amides is 1. The Balaban J connectivity index is 1.32. The van der Waals surface area contributed by atoms with E-state index in [-0.39, 0.29) is 5.91 Å². The monoisotopic (exact) mass is 387 g/mol. The second kappa shape index (κ2) is 8.73. The number of hydrogen-bond donors (Lipinski definition) is 1. The normalized spacial score (nSPS) is 14.0. The van der Waals surface area contributed by atoms with Gasteiger partial charge in [0.15, 0.2) is 0 Å². The lowest BCUT2D eigenvalue weighted by atomic mass is 10.2. The van der Waals surface area contributed by atoms with Crippen LogP contribution in [0.3, 0.4) is 0 Å². The van der Waals surface area contributed by atoms with Gasteiger partial charge in [0, 0.05) is 50.8 Å². The van der Waals surface area contributed by atoms with E-state index in [2.05, 4.69) is 56.3 Å². The summed E-state index contributed by atoms with van der Waals surface area (Å²) >= 11 is 0. The summed E-state index contributed by atoms with van der Waals surface area (Å²) < 4.78 is 0. The fourth-order valence-corrected chi connectivity index (χ4v) is 3.53. The van der Waals surface area contributed by atoms with E-state index in [1.54, 1.807) is 24.7 Å². The van der Waals surface area contributed by atoms with Gasteiger partial charge in [0.2, 0.25) is 0 Å². The molecule has 1 aliphatic rings. The Morgan fingerprint density at radius 1 is 0.966 bits per heavy atom. The second-order valence-corrected chi connectivity index (χ2v) is 7.25. The summed E-state index contributed by atoms with van der Waals surface area (Å²) in [5.41, 5.74) is 5.06. The number of benzene rings is 1. The van der Waals surface area contributed by atoms with Gasteiger partial charge < -0.3 is 15.1 Å². The van der Waals surface area contributed by atoms with Crippen LogP contribution in [0.1, 0.15) is 21.6 Å². The van der Waals surface area contributed by atoms with E-state index in [0.717, 1.165) is 37.4 Å². The van der Waals surface area contributed by atoms with Crippen LogP contribution in [0, 0.1) is 6.92 Å². The summed E-state index contributed by atoms with van der Waals surface area (Å²) in [6.45, 7) is 6.40. The third-order valence-corrected chi connectivity index (χ3v) is 5.19. The number of aromatic nitrogens is 2. The number of carbonyl (C=O) groups excluding carboxylic acids is 1. The number of rotatable bonds is 5. The van der Waals surface area contributed by atoms with Crippen molar-refractivity contribution >= 4 is 17.3 Å². The van der Waals surface area contributed by atoms with E-state index in [1.807, 2.05) is 18.2 Å². The highest BCUT2D eigenvalue weighted by molar-refractivity contribution is 5.92. The highest BCUT2D eigenvalue weighted by Gasteiger charge is 2.18. The maximum atomic E-state index is 12.3. The number of carbonyl (C=O) groups is 1. The lowest BCUT2D eigenvalue weighted by molar-refractivity contribution is 0.0946. The van der Waals surface area contributed by atoms with Gasteiger partial charge in [0.05, 0.1) is 11.9 Å². The molecule has 1 aliphatic heterocycles. The molecule has 3 heterocycles. The van der Waals surface area contributed by atoms with Gasteiger partial charge in [-0.25, -0.2) is 4.98 Å². The van der Waals surface area contributed by atoms with E-state index >= 15 is 0 Å². The largest absolute Gasteiger partial charge is 0.368 e. The van der Waals surface area contributed by atoms with Crippen molar-refractivity contribution in [1.29, 1.82) is 0 Å². The number of nitrogens with zero attached hydrogens (tertiary/aromatic N) is 4. The smallest absolute Gasteiger partial charge is 0.270 e. The van der Waals surface area contributed by atoms with Gasteiger partial charge in [-0.05, 0) is 54.4 Å². The molecule has 1 N–H and O–H groups in total. The first-order valence-electron chi connectivity index (χ1n) is 9.89. The predicted octanol–water partition coefficient (Wildman–Crippen LogP) is 3.04. The molecule has 6 nitrogen and oxygen atoms in total. The molecule has 0 bridgehead atoms. The van der Waals surface area contributed by atoms with Crippen LogP contribution >= 0.6 is 0 Å². The van der Waals surface area contributed by atoms with E-state index in [0.29, 0.717) is 12.2 Å². The average molecular weight is 387 g/mol. The van der Waals surface area contributed by atoms with Gasteiger partial charge in [-0.15, -0.1) is 0 Å². The van der Waals surface area contributed by atoms with Crippen LogP contribution in [-0.2, 0) is 6.54 Å². The minimum absolute atomic E-state index is 0.169. The van der Waals surface area contributed by atoms with E-state index in [4.69, 9.17) is 0 Å². The van der Waals surface area contributed by atoms with Gasteiger partial charge in [-0.2, -0.15) is 0 Å². The Labute approximate surface area is 171 Å². The molecule has 0 unspecified atom stereocenters. The molecule has 29 heavy (non-hydrogen) atoms. The summed E-state index contributed by atoms with van der Waals surface area (Å²) in [5, 5.41) is 2.89. The van der Waals surface area contributed by atoms with Crippen molar-refractivity contribution in [1.82, 2.24) is 15.3 Å². The number of nitrogens with one attached hydrogen (secondary N) is 1. The SMILES string of the molecule is Cc1cccc(N2CCN(c3ccc(C(=O)NCc4ccncc4)nc3)CC2)c1. The van der Waals surface area contributed by atoms with Crippen LogP contribution < -0.4 is 15.1 Å². The molecule has 1 fully saturated rings. The first kappa shape index (κ1) is 18.9. The van der Waals surface area contributed by atoms with Gasteiger partial charge in [0.25, 0.3) is 5.91 Å². The number of pyridine rings is 2. The molecule has 1 saturated heterocycles. The molecule has 6 heteroatoms. The quantitative estimate of drug-likeness (QED) is 0.729. The van der Waals surface area contributed by atoms with Crippen molar-refractivity contribution in [3.05, 3.63) is 83.9 Å². The molecule has 1 amide bonds. The van der Waals surface area contributed by atoms with Gasteiger partial charge in [0.1, 0.15) is 5.69 Å². The summed E-state index contributed by atoms with van der Waals surface area (Å²) in [6.07, 6.45) is 5.23. The van der Waals surface area contributed by atoms with Crippen molar-refractivity contribution in [3.63, 3.8) is 0 Å². The topological polar surface area (TPSA) is 61.4 Å². The third-order valence-electron chi connectivity index (χ3n) is 5.19. The van der Waals surface area contributed by atoms with Gasteiger partial charge in [-0.3, -0.25) is 9.78 Å². The Morgan fingerprint density at radius 3 is 2.34 bits per heavy atom. The highest BCUT2D eigenvalue weighted by Crippen LogP contribution is 2.21. The van der Waals surface area contributed by atoms with Crippen molar-refractivity contribution < 1.29 is 4.79 Å². The van der Waals surface area contributed by atoms with Crippen LogP contribution in [0.4, 0.5) is 11.4 Å². The van der Waals surface area contributed by atoms with Crippen LogP contribution in [0.15, 0.2) is 67.1 Å². The molecule has 0 radical (unpaired) electrons. The first-order valence-corrected chi connectivity index (χ1v) is 9.89. The van der Waals surface area contributed by atoms with Crippen molar-refractivity contribution in [2.75, 3.05) is 36.0 Å². The zero-order valence-corrected chi connectivity index (χ0v) is 16.6. The Bertz CT molecular complexity index is 951. The fourth-order valence-electron chi connectivity index (χ4n) is 3.53. The lowest BCUT2D eigenvalue weighted by Gasteiger charge is -2.37. The Morgan fingerprint density at radius 2 is 1.69 bits per heavy atom. The average Bonchev–Trinajstić information content (AvgIpc) is 2.78. The summed E-state index contributed by atoms with van der Waals surface area (Å²) in [6, 6.07) is 16.2. The summed E-state index contributed by atoms with van der Waals surface area (Å²) in [5.74, 6) is -0.169.